The molecule has 1 amide bonds. The van der Waals surface area contributed by atoms with E-state index in [0.717, 1.165) is 13.1 Å². The molecular formula is C18H20Cl2N2O2. The molecule has 0 saturated carbocycles. The number of hydrogen-bond donors (Lipinski definition) is 2. The third-order valence-corrected chi connectivity index (χ3v) is 4.45. The molecule has 4 nitrogen and oxygen atoms in total. The van der Waals surface area contributed by atoms with Crippen LogP contribution in [0.15, 0.2) is 48.5 Å². The van der Waals surface area contributed by atoms with E-state index in [1.165, 1.54) is 0 Å². The van der Waals surface area contributed by atoms with Crippen LogP contribution in [0.5, 0.6) is 11.5 Å². The van der Waals surface area contributed by atoms with Crippen LogP contribution >= 0.6 is 24.0 Å². The van der Waals surface area contributed by atoms with Crippen molar-refractivity contribution in [2.24, 2.45) is 11.8 Å². The molecule has 128 valence electrons. The summed E-state index contributed by atoms with van der Waals surface area (Å²) in [6.45, 7) is 3.75. The Balaban J connectivity index is 0.00000208. The van der Waals surface area contributed by atoms with Gasteiger partial charge in [0.05, 0.1) is 10.7 Å². The molecule has 2 aromatic carbocycles. The van der Waals surface area contributed by atoms with Crippen LogP contribution in [-0.4, -0.2) is 19.0 Å². The van der Waals surface area contributed by atoms with Crippen molar-refractivity contribution in [1.82, 2.24) is 5.32 Å². The van der Waals surface area contributed by atoms with E-state index in [1.54, 1.807) is 12.1 Å². The van der Waals surface area contributed by atoms with Gasteiger partial charge in [0.25, 0.3) is 0 Å². The van der Waals surface area contributed by atoms with E-state index in [2.05, 4.69) is 10.6 Å². The average Bonchev–Trinajstić information content (AvgIpc) is 2.49. The van der Waals surface area contributed by atoms with Crippen molar-refractivity contribution in [1.29, 1.82) is 0 Å². The van der Waals surface area contributed by atoms with Gasteiger partial charge in [0.15, 0.2) is 5.75 Å². The summed E-state index contributed by atoms with van der Waals surface area (Å²) in [6.07, 6.45) is 0. The first kappa shape index (κ1) is 18.6. The molecule has 1 unspecified atom stereocenters. The Labute approximate surface area is 153 Å². The summed E-state index contributed by atoms with van der Waals surface area (Å²) in [5.41, 5.74) is 0.650. The lowest BCUT2D eigenvalue weighted by atomic mass is 9.88. The fraction of sp³-hybridized carbons (Fsp3) is 0.278. The number of anilines is 1. The van der Waals surface area contributed by atoms with Crippen LogP contribution in [0.3, 0.4) is 0 Å². The van der Waals surface area contributed by atoms with Gasteiger partial charge in [-0.05, 0) is 43.3 Å². The zero-order chi connectivity index (χ0) is 16.2. The number of carbonyl (C=O) groups excluding carboxylic acids is 1. The lowest BCUT2D eigenvalue weighted by Crippen LogP contribution is -2.48. The number of para-hydroxylation sites is 3. The summed E-state index contributed by atoms with van der Waals surface area (Å²) in [7, 11) is 0. The first-order chi connectivity index (χ1) is 11.1. The van der Waals surface area contributed by atoms with Crippen LogP contribution in [-0.2, 0) is 4.79 Å². The molecule has 1 atom stereocenters. The van der Waals surface area contributed by atoms with Crippen LogP contribution in [0.2, 0.25) is 5.02 Å². The van der Waals surface area contributed by atoms with E-state index in [0.29, 0.717) is 28.1 Å². The van der Waals surface area contributed by atoms with Gasteiger partial charge >= 0.3 is 0 Å². The summed E-state index contributed by atoms with van der Waals surface area (Å²) < 4.78 is 5.86. The van der Waals surface area contributed by atoms with Gasteiger partial charge in [-0.15, -0.1) is 12.4 Å². The van der Waals surface area contributed by atoms with Crippen LogP contribution < -0.4 is 15.4 Å². The second-order valence-electron chi connectivity index (χ2n) is 5.72. The highest BCUT2D eigenvalue weighted by atomic mass is 35.5. The Morgan fingerprint density at radius 3 is 2.42 bits per heavy atom. The highest BCUT2D eigenvalue weighted by molar-refractivity contribution is 6.32. The molecule has 2 N–H and O–H groups in total. The molecule has 0 spiro atoms. The molecule has 0 aliphatic carbocycles. The maximum Gasteiger partial charge on any atom is 0.227 e. The third kappa shape index (κ3) is 4.20. The number of nitrogens with one attached hydrogen (secondary N) is 2. The van der Waals surface area contributed by atoms with Crippen LogP contribution in [0.25, 0.3) is 0 Å². The van der Waals surface area contributed by atoms with Crippen LogP contribution in [0.1, 0.15) is 6.92 Å². The maximum atomic E-state index is 12.4. The highest BCUT2D eigenvalue weighted by Gasteiger charge is 2.29. The Hall–Kier alpha value is -1.75. The molecule has 6 heteroatoms. The monoisotopic (exact) mass is 366 g/mol. The van der Waals surface area contributed by atoms with Crippen LogP contribution in [0, 0.1) is 11.8 Å². The zero-order valence-corrected chi connectivity index (χ0v) is 14.9. The first-order valence-electron chi connectivity index (χ1n) is 7.68. The number of rotatable bonds is 5. The fourth-order valence-electron chi connectivity index (χ4n) is 2.43. The van der Waals surface area contributed by atoms with Crippen molar-refractivity contribution < 1.29 is 9.53 Å². The second kappa shape index (κ2) is 8.38. The largest absolute Gasteiger partial charge is 0.454 e. The van der Waals surface area contributed by atoms with Gasteiger partial charge in [0.1, 0.15) is 5.75 Å². The second-order valence-corrected chi connectivity index (χ2v) is 6.13. The number of ether oxygens (including phenoxy) is 1. The fourth-order valence-corrected chi connectivity index (χ4v) is 2.60. The van der Waals surface area contributed by atoms with E-state index >= 15 is 0 Å². The van der Waals surface area contributed by atoms with Gasteiger partial charge in [0, 0.05) is 5.92 Å². The Morgan fingerprint density at radius 1 is 1.17 bits per heavy atom. The number of carbonyl (C=O) groups is 1. The van der Waals surface area contributed by atoms with Crippen molar-refractivity contribution in [2.45, 2.75) is 6.92 Å². The summed E-state index contributed by atoms with van der Waals surface area (Å²) in [6, 6.07) is 14.6. The van der Waals surface area contributed by atoms with E-state index in [4.69, 9.17) is 16.3 Å². The Kier molecular flexibility index (Phi) is 6.49. The summed E-state index contributed by atoms with van der Waals surface area (Å²) in [5, 5.41) is 6.69. The number of amides is 1. The van der Waals surface area contributed by atoms with Gasteiger partial charge in [-0.1, -0.05) is 42.8 Å². The normalized spacial score (nSPS) is 14.9. The predicted molar refractivity (Wildman–Crippen MR) is 99.4 cm³/mol. The molecule has 1 saturated heterocycles. The molecule has 1 aliphatic heterocycles. The van der Waals surface area contributed by atoms with E-state index in [9.17, 15) is 4.79 Å². The minimum Gasteiger partial charge on any atom is -0.454 e. The van der Waals surface area contributed by atoms with Gasteiger partial charge in [0.2, 0.25) is 5.91 Å². The smallest absolute Gasteiger partial charge is 0.227 e. The molecule has 0 bridgehead atoms. The predicted octanol–water partition coefficient (Wildman–Crippen LogP) is 4.35. The standard InChI is InChI=1S/C18H19ClN2O2.ClH/c1-12(13-10-20-11-13)18(22)21-15-7-3-5-9-17(15)23-16-8-4-2-6-14(16)19;/h2-9,12-13,20H,10-11H2,1H3,(H,21,22);1H. The van der Waals surface area contributed by atoms with Crippen molar-refractivity contribution in [2.75, 3.05) is 18.4 Å². The number of hydrogen-bond acceptors (Lipinski definition) is 3. The van der Waals surface area contributed by atoms with E-state index < -0.39 is 0 Å². The highest BCUT2D eigenvalue weighted by Crippen LogP contribution is 2.33. The van der Waals surface area contributed by atoms with Gasteiger partial charge in [-0.3, -0.25) is 4.79 Å². The minimum atomic E-state index is -0.0374. The molecule has 0 radical (unpaired) electrons. The molecular weight excluding hydrogens is 347 g/mol. The quantitative estimate of drug-likeness (QED) is 0.826. The SMILES string of the molecule is CC(C(=O)Nc1ccccc1Oc1ccccc1Cl)C1CNC1.Cl. The topological polar surface area (TPSA) is 50.4 Å². The summed E-state index contributed by atoms with van der Waals surface area (Å²) in [5.74, 6) is 1.50. The molecule has 1 aliphatic rings. The first-order valence-corrected chi connectivity index (χ1v) is 8.06. The van der Waals surface area contributed by atoms with Crippen molar-refractivity contribution in [3.05, 3.63) is 53.6 Å². The lowest BCUT2D eigenvalue weighted by Gasteiger charge is -2.31. The Morgan fingerprint density at radius 2 is 1.79 bits per heavy atom. The molecule has 1 heterocycles. The molecule has 2 aromatic rings. The lowest BCUT2D eigenvalue weighted by molar-refractivity contribution is -0.121. The van der Waals surface area contributed by atoms with E-state index in [-0.39, 0.29) is 24.2 Å². The van der Waals surface area contributed by atoms with Crippen molar-refractivity contribution >= 4 is 35.6 Å². The van der Waals surface area contributed by atoms with E-state index in [1.807, 2.05) is 43.3 Å². The molecule has 3 rings (SSSR count). The molecule has 24 heavy (non-hydrogen) atoms. The maximum absolute atomic E-state index is 12.4. The van der Waals surface area contributed by atoms with Gasteiger partial charge < -0.3 is 15.4 Å². The van der Waals surface area contributed by atoms with Gasteiger partial charge in [-0.25, -0.2) is 0 Å². The van der Waals surface area contributed by atoms with Crippen molar-refractivity contribution in [3.63, 3.8) is 0 Å². The van der Waals surface area contributed by atoms with Crippen LogP contribution in [0.4, 0.5) is 5.69 Å². The molecule has 0 aromatic heterocycles. The number of benzene rings is 2. The average molecular weight is 367 g/mol. The van der Waals surface area contributed by atoms with Crippen molar-refractivity contribution in [3.8, 4) is 11.5 Å². The number of halogens is 2. The summed E-state index contributed by atoms with van der Waals surface area (Å²) in [4.78, 5) is 12.4. The zero-order valence-electron chi connectivity index (χ0n) is 13.3. The Bertz CT molecular complexity index is 705. The molecule has 1 fully saturated rings. The third-order valence-electron chi connectivity index (χ3n) is 4.14. The summed E-state index contributed by atoms with van der Waals surface area (Å²) >= 11 is 6.13. The minimum absolute atomic E-state index is 0. The van der Waals surface area contributed by atoms with Gasteiger partial charge in [-0.2, -0.15) is 0 Å².